The average molecular weight is 361 g/mol. The highest BCUT2D eigenvalue weighted by atomic mass is 16.1. The van der Waals surface area contributed by atoms with Crippen LogP contribution in [0.4, 0.5) is 0 Å². The monoisotopic (exact) mass is 361 g/mol. The maximum atomic E-state index is 12.6. The number of aromatic nitrogens is 2. The van der Waals surface area contributed by atoms with E-state index in [0.717, 1.165) is 41.0 Å². The Balaban J connectivity index is 1.18. The van der Waals surface area contributed by atoms with Crippen LogP contribution in [0.2, 0.25) is 0 Å². The minimum atomic E-state index is 0.216. The summed E-state index contributed by atoms with van der Waals surface area (Å²) in [6.45, 7) is 0.561. The van der Waals surface area contributed by atoms with E-state index in [9.17, 15) is 4.79 Å². The summed E-state index contributed by atoms with van der Waals surface area (Å²) < 4.78 is 0. The molecule has 140 valence electrons. The van der Waals surface area contributed by atoms with Gasteiger partial charge in [0.15, 0.2) is 0 Å². The largest absolute Gasteiger partial charge is 0.352 e. The fourth-order valence-corrected chi connectivity index (χ4v) is 6.32. The molecule has 4 aliphatic carbocycles. The van der Waals surface area contributed by atoms with Crippen molar-refractivity contribution in [2.75, 3.05) is 0 Å². The Morgan fingerprint density at radius 3 is 2.37 bits per heavy atom. The second-order valence-electron chi connectivity index (χ2n) is 9.16. The summed E-state index contributed by atoms with van der Waals surface area (Å²) in [4.78, 5) is 21.3. The molecule has 2 heterocycles. The molecule has 27 heavy (non-hydrogen) atoms. The molecule has 0 aliphatic heterocycles. The van der Waals surface area contributed by atoms with Gasteiger partial charge in [0, 0.05) is 37.1 Å². The molecule has 6 rings (SSSR count). The Labute approximate surface area is 160 Å². The van der Waals surface area contributed by atoms with Crippen molar-refractivity contribution in [3.05, 3.63) is 48.4 Å². The fourth-order valence-electron chi connectivity index (χ4n) is 6.32. The maximum Gasteiger partial charge on any atom is 0.220 e. The van der Waals surface area contributed by atoms with Gasteiger partial charge in [0.2, 0.25) is 5.91 Å². The Morgan fingerprint density at radius 2 is 1.78 bits per heavy atom. The number of hydrogen-bond donors (Lipinski definition) is 1. The SMILES string of the molecule is O=C(CC12CC3CC(CC(C3)C1)C2)NCc1ccc(-c2cccnc2)nc1. The summed E-state index contributed by atoms with van der Waals surface area (Å²) in [6.07, 6.45) is 14.3. The smallest absolute Gasteiger partial charge is 0.220 e. The van der Waals surface area contributed by atoms with Gasteiger partial charge in [-0.3, -0.25) is 14.8 Å². The normalized spacial score (nSPS) is 31.0. The van der Waals surface area contributed by atoms with Crippen LogP contribution in [0.3, 0.4) is 0 Å². The van der Waals surface area contributed by atoms with Gasteiger partial charge in [-0.05, 0) is 85.5 Å². The van der Waals surface area contributed by atoms with Crippen LogP contribution in [0, 0.1) is 23.2 Å². The van der Waals surface area contributed by atoms with Crippen molar-refractivity contribution >= 4 is 5.91 Å². The lowest BCUT2D eigenvalue weighted by Crippen LogP contribution is -2.47. The number of nitrogens with zero attached hydrogens (tertiary/aromatic N) is 2. The van der Waals surface area contributed by atoms with Crippen LogP contribution >= 0.6 is 0 Å². The number of carbonyl (C=O) groups is 1. The van der Waals surface area contributed by atoms with Crippen molar-refractivity contribution in [3.63, 3.8) is 0 Å². The number of rotatable bonds is 5. The van der Waals surface area contributed by atoms with E-state index in [1.807, 2.05) is 36.7 Å². The van der Waals surface area contributed by atoms with Crippen LogP contribution in [0.5, 0.6) is 0 Å². The zero-order valence-electron chi connectivity index (χ0n) is 15.7. The van der Waals surface area contributed by atoms with E-state index in [1.54, 1.807) is 6.20 Å². The number of hydrogen-bond acceptors (Lipinski definition) is 3. The molecule has 0 radical (unpaired) electrons. The first-order chi connectivity index (χ1) is 13.2. The number of nitrogens with one attached hydrogen (secondary N) is 1. The van der Waals surface area contributed by atoms with E-state index in [1.165, 1.54) is 38.5 Å². The number of amides is 1. The maximum absolute atomic E-state index is 12.6. The molecule has 4 aliphatic rings. The Bertz CT molecular complexity index is 780. The molecule has 4 nitrogen and oxygen atoms in total. The zero-order chi connectivity index (χ0) is 18.3. The van der Waals surface area contributed by atoms with E-state index < -0.39 is 0 Å². The van der Waals surface area contributed by atoms with Gasteiger partial charge in [0.25, 0.3) is 0 Å². The van der Waals surface area contributed by atoms with E-state index in [2.05, 4.69) is 15.3 Å². The molecule has 4 saturated carbocycles. The van der Waals surface area contributed by atoms with Crippen LogP contribution < -0.4 is 5.32 Å². The predicted molar refractivity (Wildman–Crippen MR) is 105 cm³/mol. The molecule has 0 saturated heterocycles. The van der Waals surface area contributed by atoms with Crippen LogP contribution in [-0.2, 0) is 11.3 Å². The van der Waals surface area contributed by atoms with Crippen LogP contribution in [0.1, 0.15) is 50.5 Å². The molecule has 4 heteroatoms. The second-order valence-corrected chi connectivity index (χ2v) is 9.16. The van der Waals surface area contributed by atoms with Gasteiger partial charge in [-0.15, -0.1) is 0 Å². The lowest BCUT2D eigenvalue weighted by atomic mass is 9.49. The van der Waals surface area contributed by atoms with Crippen molar-refractivity contribution < 1.29 is 4.79 Å². The first-order valence-electron chi connectivity index (χ1n) is 10.3. The van der Waals surface area contributed by atoms with Gasteiger partial charge in [0.05, 0.1) is 5.69 Å². The highest BCUT2D eigenvalue weighted by Crippen LogP contribution is 2.61. The minimum absolute atomic E-state index is 0.216. The summed E-state index contributed by atoms with van der Waals surface area (Å²) in [7, 11) is 0. The van der Waals surface area contributed by atoms with Gasteiger partial charge in [-0.1, -0.05) is 6.07 Å². The van der Waals surface area contributed by atoms with Crippen molar-refractivity contribution in [2.24, 2.45) is 23.2 Å². The third kappa shape index (κ3) is 3.50. The second kappa shape index (κ2) is 6.74. The van der Waals surface area contributed by atoms with Gasteiger partial charge in [-0.25, -0.2) is 0 Å². The topological polar surface area (TPSA) is 54.9 Å². The predicted octanol–water partition coefficient (Wildman–Crippen LogP) is 4.37. The van der Waals surface area contributed by atoms with Crippen molar-refractivity contribution in [3.8, 4) is 11.3 Å². The van der Waals surface area contributed by atoms with Gasteiger partial charge < -0.3 is 5.32 Å². The Hall–Kier alpha value is -2.23. The molecule has 0 unspecified atom stereocenters. The third-order valence-electron chi connectivity index (χ3n) is 6.97. The quantitative estimate of drug-likeness (QED) is 0.860. The van der Waals surface area contributed by atoms with Crippen LogP contribution in [0.25, 0.3) is 11.3 Å². The van der Waals surface area contributed by atoms with Crippen molar-refractivity contribution in [1.29, 1.82) is 0 Å². The molecule has 4 fully saturated rings. The molecule has 0 atom stereocenters. The Kier molecular flexibility index (Phi) is 4.22. The summed E-state index contributed by atoms with van der Waals surface area (Å²) in [6, 6.07) is 7.95. The minimum Gasteiger partial charge on any atom is -0.352 e. The highest BCUT2D eigenvalue weighted by Gasteiger charge is 2.51. The average Bonchev–Trinajstić information content (AvgIpc) is 2.66. The number of carbonyl (C=O) groups excluding carboxylic acids is 1. The molecule has 1 amide bonds. The standard InChI is InChI=1S/C23H27N3O/c27-22(12-23-9-17-6-18(10-23)8-19(7-17)11-23)26-14-16-3-4-21(25-13-16)20-2-1-5-24-15-20/h1-5,13,15,17-19H,6-12,14H2,(H,26,27). The zero-order valence-corrected chi connectivity index (χ0v) is 15.7. The van der Waals surface area contributed by atoms with E-state index in [-0.39, 0.29) is 5.91 Å². The third-order valence-corrected chi connectivity index (χ3v) is 6.97. The molecule has 1 N–H and O–H groups in total. The molecule has 0 aromatic carbocycles. The molecular formula is C23H27N3O. The van der Waals surface area contributed by atoms with Crippen LogP contribution in [-0.4, -0.2) is 15.9 Å². The molecule has 0 spiro atoms. The molecule has 4 bridgehead atoms. The first kappa shape index (κ1) is 16.9. The van der Waals surface area contributed by atoms with Crippen molar-refractivity contribution in [2.45, 2.75) is 51.5 Å². The summed E-state index contributed by atoms with van der Waals surface area (Å²) >= 11 is 0. The summed E-state index contributed by atoms with van der Waals surface area (Å²) in [5, 5.41) is 3.14. The van der Waals surface area contributed by atoms with Gasteiger partial charge in [0.1, 0.15) is 0 Å². The van der Waals surface area contributed by atoms with Gasteiger partial charge >= 0.3 is 0 Å². The molecule has 2 aromatic heterocycles. The lowest BCUT2D eigenvalue weighted by Gasteiger charge is -2.56. The van der Waals surface area contributed by atoms with Crippen LogP contribution in [0.15, 0.2) is 42.9 Å². The Morgan fingerprint density at radius 1 is 1.04 bits per heavy atom. The number of pyridine rings is 2. The first-order valence-corrected chi connectivity index (χ1v) is 10.3. The van der Waals surface area contributed by atoms with E-state index in [0.29, 0.717) is 12.0 Å². The van der Waals surface area contributed by atoms with Gasteiger partial charge in [-0.2, -0.15) is 0 Å². The lowest BCUT2D eigenvalue weighted by molar-refractivity contribution is -0.129. The van der Waals surface area contributed by atoms with Crippen molar-refractivity contribution in [1.82, 2.24) is 15.3 Å². The van der Waals surface area contributed by atoms with E-state index >= 15 is 0 Å². The molecule has 2 aromatic rings. The highest BCUT2D eigenvalue weighted by molar-refractivity contribution is 5.76. The van der Waals surface area contributed by atoms with E-state index in [4.69, 9.17) is 0 Å². The summed E-state index contributed by atoms with van der Waals surface area (Å²) in [5.41, 5.74) is 3.27. The molecular weight excluding hydrogens is 334 g/mol. The fraction of sp³-hybridized carbons (Fsp3) is 0.522. The summed E-state index contributed by atoms with van der Waals surface area (Å²) in [5.74, 6) is 2.91.